The van der Waals surface area contributed by atoms with E-state index < -0.39 is 17.9 Å². The van der Waals surface area contributed by atoms with Crippen molar-refractivity contribution in [3.8, 4) is 16.9 Å². The van der Waals surface area contributed by atoms with Crippen LogP contribution in [0.2, 0.25) is 0 Å². The average Bonchev–Trinajstić information content (AvgIpc) is 2.81. The van der Waals surface area contributed by atoms with Crippen LogP contribution in [0.1, 0.15) is 27.3 Å². The molecule has 0 aliphatic carbocycles. The molecule has 0 aliphatic heterocycles. The third-order valence-electron chi connectivity index (χ3n) is 5.16. The number of hydrogen-bond acceptors (Lipinski definition) is 8. The van der Waals surface area contributed by atoms with E-state index in [0.29, 0.717) is 23.9 Å². The highest BCUT2D eigenvalue weighted by molar-refractivity contribution is 5.98. The maximum absolute atomic E-state index is 12.7. The summed E-state index contributed by atoms with van der Waals surface area (Å²) in [6.45, 7) is 3.78. The number of phenols is 1. The molecule has 9 nitrogen and oxygen atoms in total. The Balaban J connectivity index is 1.77. The molecule has 3 aromatic rings. The zero-order chi connectivity index (χ0) is 24.0. The van der Waals surface area contributed by atoms with E-state index in [1.54, 1.807) is 26.0 Å². The maximum atomic E-state index is 12.7. The van der Waals surface area contributed by atoms with Gasteiger partial charge < -0.3 is 26.2 Å². The summed E-state index contributed by atoms with van der Waals surface area (Å²) in [4.78, 5) is 33.3. The van der Waals surface area contributed by atoms with Crippen LogP contribution in [0.5, 0.6) is 5.75 Å². The van der Waals surface area contributed by atoms with Gasteiger partial charge in [-0.2, -0.15) is 0 Å². The van der Waals surface area contributed by atoms with Crippen LogP contribution in [0, 0.1) is 13.8 Å². The molecule has 5 N–H and O–H groups in total. The van der Waals surface area contributed by atoms with Gasteiger partial charge in [0, 0.05) is 13.1 Å². The van der Waals surface area contributed by atoms with Gasteiger partial charge in [0.2, 0.25) is 5.95 Å². The minimum Gasteiger partial charge on any atom is -0.508 e. The molecule has 1 unspecified atom stereocenters. The van der Waals surface area contributed by atoms with Crippen LogP contribution in [-0.2, 0) is 16.1 Å². The Kier molecular flexibility index (Phi) is 7.57. The van der Waals surface area contributed by atoms with Gasteiger partial charge in [0.05, 0.1) is 24.1 Å². The van der Waals surface area contributed by atoms with Crippen LogP contribution in [-0.4, -0.2) is 46.6 Å². The van der Waals surface area contributed by atoms with E-state index in [-0.39, 0.29) is 17.9 Å². The van der Waals surface area contributed by atoms with E-state index >= 15 is 0 Å². The minimum atomic E-state index is -0.949. The van der Waals surface area contributed by atoms with Crippen molar-refractivity contribution in [1.82, 2.24) is 15.3 Å². The van der Waals surface area contributed by atoms with Gasteiger partial charge in [-0.05, 0) is 42.7 Å². The molecule has 0 spiro atoms. The molecule has 0 fully saturated rings. The topological polar surface area (TPSA) is 139 Å². The van der Waals surface area contributed by atoms with Gasteiger partial charge in [0.1, 0.15) is 11.8 Å². The minimum absolute atomic E-state index is 0.0859. The first-order valence-electron chi connectivity index (χ1n) is 10.4. The standard InChI is InChI=1S/C24H27N5O4/c1-14-21(22(31)29-20(12-25)23(32)33-3)15(2)28-24(27-14)26-13-17-6-4-5-7-19(17)16-8-10-18(30)11-9-16/h4-11,20,30H,12-13,25H2,1-3H3,(H,29,31)(H,26,27,28). The van der Waals surface area contributed by atoms with Crippen molar-refractivity contribution in [2.75, 3.05) is 19.0 Å². The second-order valence-electron chi connectivity index (χ2n) is 7.44. The van der Waals surface area contributed by atoms with Gasteiger partial charge in [0.25, 0.3) is 5.91 Å². The number of amides is 1. The van der Waals surface area contributed by atoms with Crippen molar-refractivity contribution < 1.29 is 19.4 Å². The lowest BCUT2D eigenvalue weighted by Crippen LogP contribution is -2.46. The molecule has 3 rings (SSSR count). The van der Waals surface area contributed by atoms with E-state index in [0.717, 1.165) is 16.7 Å². The van der Waals surface area contributed by atoms with Crippen molar-refractivity contribution in [3.63, 3.8) is 0 Å². The largest absolute Gasteiger partial charge is 0.508 e. The van der Waals surface area contributed by atoms with Crippen LogP contribution in [0.25, 0.3) is 11.1 Å². The van der Waals surface area contributed by atoms with E-state index in [1.165, 1.54) is 7.11 Å². The third kappa shape index (κ3) is 5.64. The Hall–Kier alpha value is -3.98. The molecular formula is C24H27N5O4. The van der Waals surface area contributed by atoms with E-state index in [4.69, 9.17) is 5.73 Å². The summed E-state index contributed by atoms with van der Waals surface area (Å²) < 4.78 is 4.65. The number of aromatic hydroxyl groups is 1. The number of anilines is 1. The van der Waals surface area contributed by atoms with E-state index in [9.17, 15) is 14.7 Å². The highest BCUT2D eigenvalue weighted by Crippen LogP contribution is 2.26. The fourth-order valence-electron chi connectivity index (χ4n) is 3.48. The number of nitrogens with one attached hydrogen (secondary N) is 2. The lowest BCUT2D eigenvalue weighted by molar-refractivity contribution is -0.142. The molecule has 0 aliphatic rings. The monoisotopic (exact) mass is 449 g/mol. The summed E-state index contributed by atoms with van der Waals surface area (Å²) in [5.74, 6) is -0.518. The average molecular weight is 450 g/mol. The third-order valence-corrected chi connectivity index (χ3v) is 5.16. The Morgan fingerprint density at radius 3 is 2.30 bits per heavy atom. The molecule has 2 aromatic carbocycles. The number of phenolic OH excluding ortho intramolecular Hbond substituents is 1. The number of ether oxygens (including phenoxy) is 1. The summed E-state index contributed by atoms with van der Waals surface area (Å²) in [7, 11) is 1.23. The molecule has 1 amide bonds. The summed E-state index contributed by atoms with van der Waals surface area (Å²) in [5, 5.41) is 15.3. The molecule has 1 atom stereocenters. The van der Waals surface area contributed by atoms with Gasteiger partial charge in [-0.3, -0.25) is 4.79 Å². The van der Waals surface area contributed by atoms with Crippen LogP contribution in [0.15, 0.2) is 48.5 Å². The Morgan fingerprint density at radius 2 is 1.70 bits per heavy atom. The van der Waals surface area contributed by atoms with Crippen LogP contribution in [0.4, 0.5) is 5.95 Å². The number of aromatic nitrogens is 2. The van der Waals surface area contributed by atoms with Gasteiger partial charge in [-0.15, -0.1) is 0 Å². The van der Waals surface area contributed by atoms with Gasteiger partial charge >= 0.3 is 5.97 Å². The number of nitrogens with zero attached hydrogens (tertiary/aromatic N) is 2. The normalized spacial score (nSPS) is 11.5. The Labute approximate surface area is 192 Å². The number of aryl methyl sites for hydroxylation is 2. The SMILES string of the molecule is COC(=O)C(CN)NC(=O)c1c(C)nc(NCc2ccccc2-c2ccc(O)cc2)nc1C. The Bertz CT molecular complexity index is 1120. The number of methoxy groups -OCH3 is 1. The van der Waals surface area contributed by atoms with Gasteiger partial charge in [-0.1, -0.05) is 36.4 Å². The lowest BCUT2D eigenvalue weighted by Gasteiger charge is -2.17. The van der Waals surface area contributed by atoms with Crippen molar-refractivity contribution in [1.29, 1.82) is 0 Å². The van der Waals surface area contributed by atoms with Gasteiger partial charge in [0.15, 0.2) is 0 Å². The summed E-state index contributed by atoms with van der Waals surface area (Å²) in [6.07, 6.45) is 0. The van der Waals surface area contributed by atoms with Gasteiger partial charge in [-0.25, -0.2) is 14.8 Å². The number of benzene rings is 2. The molecule has 33 heavy (non-hydrogen) atoms. The number of nitrogens with two attached hydrogens (primary N) is 1. The number of carbonyl (C=O) groups is 2. The molecule has 0 saturated heterocycles. The van der Waals surface area contributed by atoms with Crippen molar-refractivity contribution in [2.24, 2.45) is 5.73 Å². The molecule has 1 aromatic heterocycles. The lowest BCUT2D eigenvalue weighted by atomic mass is 9.99. The predicted octanol–water partition coefficient (Wildman–Crippen LogP) is 2.31. The van der Waals surface area contributed by atoms with E-state index in [1.807, 2.05) is 36.4 Å². The smallest absolute Gasteiger partial charge is 0.329 e. The maximum Gasteiger partial charge on any atom is 0.329 e. The molecule has 9 heteroatoms. The molecule has 0 saturated carbocycles. The highest BCUT2D eigenvalue weighted by atomic mass is 16.5. The van der Waals surface area contributed by atoms with E-state index in [2.05, 4.69) is 25.3 Å². The summed E-state index contributed by atoms with van der Waals surface area (Å²) in [6, 6.07) is 14.0. The first-order chi connectivity index (χ1) is 15.8. The fraction of sp³-hybridized carbons (Fsp3) is 0.250. The molecule has 172 valence electrons. The molecular weight excluding hydrogens is 422 g/mol. The first kappa shape index (κ1) is 23.7. The highest BCUT2D eigenvalue weighted by Gasteiger charge is 2.23. The molecule has 0 bridgehead atoms. The zero-order valence-corrected chi connectivity index (χ0v) is 18.8. The number of carbonyl (C=O) groups excluding carboxylic acids is 2. The number of hydrogen-bond donors (Lipinski definition) is 4. The van der Waals surface area contributed by atoms with Crippen LogP contribution >= 0.6 is 0 Å². The number of esters is 1. The Morgan fingerprint density at radius 1 is 1.06 bits per heavy atom. The summed E-state index contributed by atoms with van der Waals surface area (Å²) in [5.41, 5.74) is 9.80. The van der Waals surface area contributed by atoms with Crippen molar-refractivity contribution in [3.05, 3.63) is 71.0 Å². The van der Waals surface area contributed by atoms with Crippen LogP contribution in [0.3, 0.4) is 0 Å². The summed E-state index contributed by atoms with van der Waals surface area (Å²) >= 11 is 0. The second-order valence-corrected chi connectivity index (χ2v) is 7.44. The zero-order valence-electron chi connectivity index (χ0n) is 18.8. The number of rotatable bonds is 8. The quantitative estimate of drug-likeness (QED) is 0.384. The van der Waals surface area contributed by atoms with Crippen molar-refractivity contribution in [2.45, 2.75) is 26.4 Å². The fourth-order valence-corrected chi connectivity index (χ4v) is 3.48. The molecule has 0 radical (unpaired) electrons. The molecule has 1 heterocycles. The predicted molar refractivity (Wildman–Crippen MR) is 125 cm³/mol. The first-order valence-corrected chi connectivity index (χ1v) is 10.4. The van der Waals surface area contributed by atoms with Crippen molar-refractivity contribution >= 4 is 17.8 Å². The van der Waals surface area contributed by atoms with Crippen LogP contribution < -0.4 is 16.4 Å². The second kappa shape index (κ2) is 10.6.